The van der Waals surface area contributed by atoms with Gasteiger partial charge in [0.1, 0.15) is 5.75 Å². The first kappa shape index (κ1) is 14.9. The summed E-state index contributed by atoms with van der Waals surface area (Å²) in [5, 5.41) is 2.30. The number of ether oxygens (including phenoxy) is 1. The van der Waals surface area contributed by atoms with Gasteiger partial charge in [-0.3, -0.25) is 4.79 Å². The van der Waals surface area contributed by atoms with Crippen LogP contribution in [0.1, 0.15) is 6.92 Å². The molecule has 1 aliphatic heterocycles. The van der Waals surface area contributed by atoms with Gasteiger partial charge in [0.15, 0.2) is 6.10 Å². The molecule has 1 saturated heterocycles. The zero-order valence-corrected chi connectivity index (χ0v) is 13.2. The maximum atomic E-state index is 12.5. The third kappa shape index (κ3) is 3.22. The molecule has 4 nitrogen and oxygen atoms in total. The van der Waals surface area contributed by atoms with Gasteiger partial charge in [-0.15, -0.1) is 0 Å². The van der Waals surface area contributed by atoms with Crippen LogP contribution in [0.15, 0.2) is 42.5 Å². The Kier molecular flexibility index (Phi) is 4.29. The minimum atomic E-state index is -0.454. The van der Waals surface area contributed by atoms with Gasteiger partial charge in [0, 0.05) is 26.2 Å². The van der Waals surface area contributed by atoms with Crippen LogP contribution in [0.2, 0.25) is 0 Å². The molecule has 1 atom stereocenters. The zero-order chi connectivity index (χ0) is 15.5. The number of amides is 1. The Bertz CT molecular complexity index is 663. The maximum Gasteiger partial charge on any atom is 0.263 e. The number of carbonyl (C=O) groups is 1. The quantitative estimate of drug-likeness (QED) is 0.872. The average Bonchev–Trinajstić information content (AvgIpc) is 2.55. The van der Waals surface area contributed by atoms with E-state index in [2.05, 4.69) is 24.1 Å². The molecule has 2 aromatic carbocycles. The molecule has 1 heterocycles. The van der Waals surface area contributed by atoms with E-state index in [-0.39, 0.29) is 5.91 Å². The van der Waals surface area contributed by atoms with Gasteiger partial charge in [0.2, 0.25) is 0 Å². The number of benzene rings is 2. The van der Waals surface area contributed by atoms with Crippen LogP contribution in [0.4, 0.5) is 0 Å². The van der Waals surface area contributed by atoms with Crippen LogP contribution in [0.25, 0.3) is 10.8 Å². The highest BCUT2D eigenvalue weighted by Gasteiger charge is 2.24. The van der Waals surface area contributed by atoms with Gasteiger partial charge in [-0.2, -0.15) is 0 Å². The summed E-state index contributed by atoms with van der Waals surface area (Å²) >= 11 is 0. The molecule has 0 N–H and O–H groups in total. The van der Waals surface area contributed by atoms with Crippen molar-refractivity contribution in [2.45, 2.75) is 13.0 Å². The van der Waals surface area contributed by atoms with Crippen LogP contribution in [-0.2, 0) is 4.79 Å². The van der Waals surface area contributed by atoms with Gasteiger partial charge in [-0.25, -0.2) is 0 Å². The van der Waals surface area contributed by atoms with Crippen molar-refractivity contribution in [3.8, 4) is 5.75 Å². The molecule has 2 aromatic rings. The summed E-state index contributed by atoms with van der Waals surface area (Å²) in [5.41, 5.74) is 0. The van der Waals surface area contributed by atoms with E-state index in [1.165, 1.54) is 5.39 Å². The second kappa shape index (κ2) is 6.36. The summed E-state index contributed by atoms with van der Waals surface area (Å²) in [7, 11) is 2.08. The molecule has 116 valence electrons. The molecule has 4 heteroatoms. The molecular formula is C18H22N2O2. The van der Waals surface area contributed by atoms with Crippen LogP contribution >= 0.6 is 0 Å². The highest BCUT2D eigenvalue weighted by Crippen LogP contribution is 2.21. The molecule has 3 rings (SSSR count). The predicted molar refractivity (Wildman–Crippen MR) is 88.1 cm³/mol. The van der Waals surface area contributed by atoms with Crippen molar-refractivity contribution in [3.05, 3.63) is 42.5 Å². The van der Waals surface area contributed by atoms with Crippen LogP contribution < -0.4 is 4.74 Å². The summed E-state index contributed by atoms with van der Waals surface area (Å²) < 4.78 is 5.86. The van der Waals surface area contributed by atoms with Crippen molar-refractivity contribution in [2.24, 2.45) is 0 Å². The molecular weight excluding hydrogens is 276 g/mol. The van der Waals surface area contributed by atoms with E-state index in [1.54, 1.807) is 0 Å². The number of carbonyl (C=O) groups excluding carboxylic acids is 1. The Labute approximate surface area is 131 Å². The molecule has 1 fully saturated rings. The van der Waals surface area contributed by atoms with Crippen molar-refractivity contribution in [3.63, 3.8) is 0 Å². The lowest BCUT2D eigenvalue weighted by Crippen LogP contribution is -2.50. The first-order chi connectivity index (χ1) is 10.6. The largest absolute Gasteiger partial charge is 0.481 e. The third-order valence-electron chi connectivity index (χ3n) is 4.20. The molecule has 1 aliphatic rings. The zero-order valence-electron chi connectivity index (χ0n) is 13.2. The van der Waals surface area contributed by atoms with Gasteiger partial charge in [0.05, 0.1) is 0 Å². The minimum Gasteiger partial charge on any atom is -0.481 e. The van der Waals surface area contributed by atoms with Crippen molar-refractivity contribution in [1.82, 2.24) is 9.80 Å². The molecule has 0 unspecified atom stereocenters. The molecule has 0 aliphatic carbocycles. The first-order valence-corrected chi connectivity index (χ1v) is 7.76. The van der Waals surface area contributed by atoms with Crippen LogP contribution in [0.3, 0.4) is 0 Å². The van der Waals surface area contributed by atoms with Crippen molar-refractivity contribution < 1.29 is 9.53 Å². The SMILES string of the molecule is C[C@@H](Oc1ccc2ccccc2c1)C(=O)N1CCN(C)CC1. The third-order valence-corrected chi connectivity index (χ3v) is 4.20. The minimum absolute atomic E-state index is 0.0706. The highest BCUT2D eigenvalue weighted by atomic mass is 16.5. The second-order valence-corrected chi connectivity index (χ2v) is 5.90. The van der Waals surface area contributed by atoms with Crippen LogP contribution in [0, 0.1) is 0 Å². The number of hydrogen-bond donors (Lipinski definition) is 0. The van der Waals surface area contributed by atoms with Gasteiger partial charge in [-0.1, -0.05) is 30.3 Å². The summed E-state index contributed by atoms with van der Waals surface area (Å²) in [4.78, 5) is 16.6. The van der Waals surface area contributed by atoms with Gasteiger partial charge in [0.25, 0.3) is 5.91 Å². The number of rotatable bonds is 3. The molecule has 22 heavy (non-hydrogen) atoms. The van der Waals surface area contributed by atoms with E-state index in [0.717, 1.165) is 37.3 Å². The second-order valence-electron chi connectivity index (χ2n) is 5.90. The smallest absolute Gasteiger partial charge is 0.263 e. The van der Waals surface area contributed by atoms with E-state index >= 15 is 0 Å². The topological polar surface area (TPSA) is 32.8 Å². The first-order valence-electron chi connectivity index (χ1n) is 7.76. The lowest BCUT2D eigenvalue weighted by Gasteiger charge is -2.33. The van der Waals surface area contributed by atoms with Gasteiger partial charge in [-0.05, 0) is 36.9 Å². The van der Waals surface area contributed by atoms with Gasteiger partial charge >= 0.3 is 0 Å². The summed E-state index contributed by atoms with van der Waals surface area (Å²) in [6.07, 6.45) is -0.454. The molecule has 0 radical (unpaired) electrons. The summed E-state index contributed by atoms with van der Waals surface area (Å²) in [5.74, 6) is 0.815. The molecule has 0 aromatic heterocycles. The monoisotopic (exact) mass is 298 g/mol. The summed E-state index contributed by atoms with van der Waals surface area (Å²) in [6, 6.07) is 14.1. The van der Waals surface area contributed by atoms with E-state index in [1.807, 2.05) is 42.2 Å². The number of nitrogens with zero attached hydrogens (tertiary/aromatic N) is 2. The normalized spacial score (nSPS) is 17.5. The van der Waals surface area contributed by atoms with E-state index in [4.69, 9.17) is 4.74 Å². The van der Waals surface area contributed by atoms with Crippen molar-refractivity contribution >= 4 is 16.7 Å². The molecule has 0 saturated carbocycles. The van der Waals surface area contributed by atoms with E-state index < -0.39 is 6.10 Å². The molecule has 0 bridgehead atoms. The van der Waals surface area contributed by atoms with Crippen LogP contribution in [0.5, 0.6) is 5.75 Å². The van der Waals surface area contributed by atoms with Crippen LogP contribution in [-0.4, -0.2) is 55.0 Å². The molecule has 0 spiro atoms. The average molecular weight is 298 g/mol. The number of fused-ring (bicyclic) bond motifs is 1. The standard InChI is InChI=1S/C18H22N2O2/c1-14(18(21)20-11-9-19(2)10-12-20)22-17-8-7-15-5-3-4-6-16(15)13-17/h3-8,13-14H,9-12H2,1-2H3/t14-/m1/s1. The summed E-state index contributed by atoms with van der Waals surface area (Å²) in [6.45, 7) is 5.24. The lowest BCUT2D eigenvalue weighted by molar-refractivity contribution is -0.139. The fraction of sp³-hybridized carbons (Fsp3) is 0.389. The fourth-order valence-corrected chi connectivity index (χ4v) is 2.78. The van der Waals surface area contributed by atoms with Crippen molar-refractivity contribution in [1.29, 1.82) is 0 Å². The Hall–Kier alpha value is -2.07. The number of piperazine rings is 1. The van der Waals surface area contributed by atoms with E-state index in [9.17, 15) is 4.79 Å². The van der Waals surface area contributed by atoms with E-state index in [0.29, 0.717) is 0 Å². The Morgan fingerprint density at radius 3 is 2.45 bits per heavy atom. The number of likely N-dealkylation sites (N-methyl/N-ethyl adjacent to an activating group) is 1. The Balaban J connectivity index is 1.67. The van der Waals surface area contributed by atoms with Gasteiger partial charge < -0.3 is 14.5 Å². The fourth-order valence-electron chi connectivity index (χ4n) is 2.78. The highest BCUT2D eigenvalue weighted by molar-refractivity contribution is 5.84. The maximum absolute atomic E-state index is 12.5. The Morgan fingerprint density at radius 1 is 1.05 bits per heavy atom. The van der Waals surface area contributed by atoms with Crippen molar-refractivity contribution in [2.75, 3.05) is 33.2 Å². The lowest BCUT2D eigenvalue weighted by atomic mass is 10.1. The number of hydrogen-bond acceptors (Lipinski definition) is 3. The Morgan fingerprint density at radius 2 is 1.73 bits per heavy atom. The molecule has 1 amide bonds. The predicted octanol–water partition coefficient (Wildman–Crippen LogP) is 2.38.